The van der Waals surface area contributed by atoms with E-state index in [1.165, 1.54) is 6.92 Å². The number of hydrogen-bond donors (Lipinski definition) is 3. The van der Waals surface area contributed by atoms with E-state index >= 15 is 0 Å². The summed E-state index contributed by atoms with van der Waals surface area (Å²) in [5, 5.41) is 27.8. The number of aliphatic hydroxyl groups is 2. The molecule has 0 heterocycles. The molecule has 0 aromatic carbocycles. The molecule has 0 rings (SSSR count). The van der Waals surface area contributed by atoms with Gasteiger partial charge >= 0.3 is 0 Å². The minimum Gasteiger partial charge on any atom is -0.394 e. The maximum atomic E-state index is 9.38. The summed E-state index contributed by atoms with van der Waals surface area (Å²) < 4.78 is 15.6. The van der Waals surface area contributed by atoms with Gasteiger partial charge in [0, 0.05) is 33.3 Å². The van der Waals surface area contributed by atoms with E-state index in [2.05, 4.69) is 9.89 Å². The van der Waals surface area contributed by atoms with Gasteiger partial charge < -0.3 is 24.4 Å². The number of nitrogens with zero attached hydrogens (tertiary/aromatic N) is 2. The monoisotopic (exact) mass is 326 g/mol. The smallest absolute Gasteiger partial charge is 0.130 e. The highest BCUT2D eigenvalue weighted by atomic mass is 17.2. The zero-order valence-corrected chi connectivity index (χ0v) is 13.5. The van der Waals surface area contributed by atoms with Crippen molar-refractivity contribution < 1.29 is 34.7 Å². The topological polar surface area (TPSA) is 104 Å². The average Bonchev–Trinajstić information content (AvgIpc) is 2.50. The second-order valence-corrected chi connectivity index (χ2v) is 4.64. The summed E-state index contributed by atoms with van der Waals surface area (Å²) in [7, 11) is 1.62. The average molecular weight is 326 g/mol. The van der Waals surface area contributed by atoms with Crippen LogP contribution in [-0.2, 0) is 19.2 Å². The van der Waals surface area contributed by atoms with Gasteiger partial charge in [-0.25, -0.2) is 5.26 Å². The fourth-order valence-corrected chi connectivity index (χ4v) is 1.67. The molecule has 1 unspecified atom stereocenters. The van der Waals surface area contributed by atoms with Crippen molar-refractivity contribution in [3.63, 3.8) is 0 Å². The molecule has 9 nitrogen and oxygen atoms in total. The first-order chi connectivity index (χ1) is 10.7. The molecular formula is C13H30N2O7. The number of methoxy groups -OCH3 is 1. The Morgan fingerprint density at radius 3 is 2.05 bits per heavy atom. The number of hydrogen-bond acceptors (Lipinski definition) is 9. The van der Waals surface area contributed by atoms with Crippen molar-refractivity contribution in [2.75, 3.05) is 72.9 Å². The third-order valence-electron chi connectivity index (χ3n) is 2.93. The maximum Gasteiger partial charge on any atom is 0.130 e. The van der Waals surface area contributed by atoms with Gasteiger partial charge in [0.1, 0.15) is 6.23 Å². The standard InChI is InChI=1S/C13H30N2O7/c1-13(17)15(22-18)4-3-14(5-8-20-10-7-16)6-9-21-12-11-19-2/h13,16-18H,3-12H2,1-2H3. The van der Waals surface area contributed by atoms with Gasteiger partial charge in [-0.05, 0) is 6.92 Å². The molecule has 0 aliphatic heterocycles. The number of aliphatic hydroxyl groups excluding tert-OH is 2. The summed E-state index contributed by atoms with van der Waals surface area (Å²) in [4.78, 5) is 6.16. The summed E-state index contributed by atoms with van der Waals surface area (Å²) in [6.07, 6.45) is -0.907. The Labute approximate surface area is 131 Å². The predicted octanol–water partition coefficient (Wildman–Crippen LogP) is -0.995. The molecule has 0 aromatic heterocycles. The van der Waals surface area contributed by atoms with Crippen LogP contribution in [0.5, 0.6) is 0 Å². The second kappa shape index (κ2) is 15.5. The zero-order chi connectivity index (χ0) is 16.6. The molecule has 0 aromatic rings. The minimum absolute atomic E-state index is 0.00567. The molecule has 1 atom stereocenters. The van der Waals surface area contributed by atoms with E-state index in [1.54, 1.807) is 7.11 Å². The van der Waals surface area contributed by atoms with Gasteiger partial charge in [0.05, 0.1) is 39.6 Å². The lowest BCUT2D eigenvalue weighted by molar-refractivity contribution is -0.425. The van der Waals surface area contributed by atoms with Crippen LogP contribution in [0.4, 0.5) is 0 Å². The van der Waals surface area contributed by atoms with Gasteiger partial charge in [-0.15, -0.1) is 10.1 Å². The number of ether oxygens (including phenoxy) is 3. The van der Waals surface area contributed by atoms with Crippen LogP contribution < -0.4 is 0 Å². The molecule has 0 amide bonds. The third kappa shape index (κ3) is 12.2. The Balaban J connectivity index is 4.03. The molecule has 0 aliphatic rings. The van der Waals surface area contributed by atoms with Gasteiger partial charge in [-0.1, -0.05) is 0 Å². The Kier molecular flexibility index (Phi) is 15.3. The fourth-order valence-electron chi connectivity index (χ4n) is 1.67. The van der Waals surface area contributed by atoms with Crippen LogP contribution in [0.25, 0.3) is 0 Å². The predicted molar refractivity (Wildman–Crippen MR) is 79.1 cm³/mol. The lowest BCUT2D eigenvalue weighted by atomic mass is 10.4. The Hall–Kier alpha value is -0.360. The Morgan fingerprint density at radius 2 is 1.55 bits per heavy atom. The van der Waals surface area contributed by atoms with E-state index in [4.69, 9.17) is 24.6 Å². The van der Waals surface area contributed by atoms with Crippen molar-refractivity contribution in [2.24, 2.45) is 0 Å². The molecule has 0 bridgehead atoms. The largest absolute Gasteiger partial charge is 0.394 e. The van der Waals surface area contributed by atoms with E-state index in [-0.39, 0.29) is 6.61 Å². The summed E-state index contributed by atoms with van der Waals surface area (Å²) in [6.45, 7) is 6.10. The summed E-state index contributed by atoms with van der Waals surface area (Å²) in [5.41, 5.74) is 0. The minimum atomic E-state index is -0.907. The van der Waals surface area contributed by atoms with Crippen molar-refractivity contribution in [3.8, 4) is 0 Å². The van der Waals surface area contributed by atoms with E-state index in [0.29, 0.717) is 59.2 Å². The van der Waals surface area contributed by atoms with Crippen LogP contribution in [-0.4, -0.2) is 105 Å². The molecule has 0 radical (unpaired) electrons. The second-order valence-electron chi connectivity index (χ2n) is 4.64. The Bertz CT molecular complexity index is 234. The van der Waals surface area contributed by atoms with Crippen molar-refractivity contribution in [1.29, 1.82) is 0 Å². The lowest BCUT2D eigenvalue weighted by Gasteiger charge is -2.26. The third-order valence-corrected chi connectivity index (χ3v) is 2.93. The van der Waals surface area contributed by atoms with Gasteiger partial charge in [0.15, 0.2) is 0 Å². The molecule has 0 saturated heterocycles. The van der Waals surface area contributed by atoms with E-state index in [9.17, 15) is 5.11 Å². The zero-order valence-electron chi connectivity index (χ0n) is 13.5. The van der Waals surface area contributed by atoms with Crippen LogP contribution in [0.1, 0.15) is 6.92 Å². The summed E-state index contributed by atoms with van der Waals surface area (Å²) in [6, 6.07) is 0. The van der Waals surface area contributed by atoms with Crippen molar-refractivity contribution in [1.82, 2.24) is 9.96 Å². The number of rotatable bonds is 16. The number of hydroxylamine groups is 2. The molecule has 22 heavy (non-hydrogen) atoms. The summed E-state index contributed by atoms with van der Waals surface area (Å²) in [5.74, 6) is 0. The fraction of sp³-hybridized carbons (Fsp3) is 1.00. The molecular weight excluding hydrogens is 296 g/mol. The SMILES string of the molecule is COCCOCCN(CCOCCO)CCN(OO)C(C)O. The first-order valence-electron chi connectivity index (χ1n) is 7.39. The van der Waals surface area contributed by atoms with Gasteiger partial charge in [-0.3, -0.25) is 4.90 Å². The highest BCUT2D eigenvalue weighted by Gasteiger charge is 2.14. The van der Waals surface area contributed by atoms with Crippen LogP contribution in [0.2, 0.25) is 0 Å². The molecule has 3 N–H and O–H groups in total. The van der Waals surface area contributed by atoms with Crippen LogP contribution in [0, 0.1) is 0 Å². The maximum absolute atomic E-state index is 9.38. The Morgan fingerprint density at radius 1 is 0.909 bits per heavy atom. The van der Waals surface area contributed by atoms with Crippen molar-refractivity contribution >= 4 is 0 Å². The van der Waals surface area contributed by atoms with Crippen molar-refractivity contribution in [2.45, 2.75) is 13.2 Å². The van der Waals surface area contributed by atoms with Crippen LogP contribution in [0.15, 0.2) is 0 Å². The van der Waals surface area contributed by atoms with Gasteiger partial charge in [0.2, 0.25) is 0 Å². The van der Waals surface area contributed by atoms with Crippen molar-refractivity contribution in [3.05, 3.63) is 0 Å². The quantitative estimate of drug-likeness (QED) is 0.143. The molecule has 0 aliphatic carbocycles. The molecule has 0 spiro atoms. The normalized spacial score (nSPS) is 13.2. The highest BCUT2D eigenvalue weighted by molar-refractivity contribution is 4.60. The van der Waals surface area contributed by atoms with Crippen LogP contribution >= 0.6 is 0 Å². The van der Waals surface area contributed by atoms with E-state index in [1.807, 2.05) is 0 Å². The summed E-state index contributed by atoms with van der Waals surface area (Å²) >= 11 is 0. The lowest BCUT2D eigenvalue weighted by Crippen LogP contribution is -2.41. The first-order valence-corrected chi connectivity index (χ1v) is 7.39. The first kappa shape index (κ1) is 21.6. The highest BCUT2D eigenvalue weighted by Crippen LogP contribution is 1.98. The van der Waals surface area contributed by atoms with Crippen LogP contribution in [0.3, 0.4) is 0 Å². The molecule has 9 heteroatoms. The van der Waals surface area contributed by atoms with E-state index in [0.717, 1.165) is 5.06 Å². The molecule has 134 valence electrons. The van der Waals surface area contributed by atoms with E-state index < -0.39 is 6.23 Å². The van der Waals surface area contributed by atoms with Gasteiger partial charge in [-0.2, -0.15) is 0 Å². The molecule has 0 fully saturated rings. The molecule has 0 saturated carbocycles. The van der Waals surface area contributed by atoms with Gasteiger partial charge in [0.25, 0.3) is 0 Å².